The molecule has 2 aromatic carbocycles. The summed E-state index contributed by atoms with van der Waals surface area (Å²) in [5.41, 5.74) is 0.686. The average molecular weight is 562 g/mol. The second kappa shape index (κ2) is 12.3. The largest absolute Gasteiger partial charge is 0.489 e. The van der Waals surface area contributed by atoms with Gasteiger partial charge in [-0.15, -0.1) is 0 Å². The third-order valence-corrected chi connectivity index (χ3v) is 6.34. The minimum Gasteiger partial charge on any atom is -0.489 e. The molecule has 2 aromatic rings. The SMILES string of the molecule is CC(C)(C)OC(=O)Nc1ccc2c(c1)N(S(=O)(=O)c1cccc(C(F)(F)F)c1)CCO2.CCONC(C)=O. The van der Waals surface area contributed by atoms with E-state index in [1.807, 2.05) is 0 Å². The van der Waals surface area contributed by atoms with Crippen LogP contribution in [0.3, 0.4) is 0 Å². The van der Waals surface area contributed by atoms with E-state index in [0.717, 1.165) is 22.5 Å². The summed E-state index contributed by atoms with van der Waals surface area (Å²) in [6.45, 7) is 8.70. The zero-order chi connectivity index (χ0) is 28.7. The summed E-state index contributed by atoms with van der Waals surface area (Å²) in [7, 11) is -4.32. The lowest BCUT2D eigenvalue weighted by atomic mass is 10.2. The van der Waals surface area contributed by atoms with Crippen molar-refractivity contribution in [2.24, 2.45) is 0 Å². The van der Waals surface area contributed by atoms with Gasteiger partial charge in [0.05, 0.1) is 29.3 Å². The quantitative estimate of drug-likeness (QED) is 0.507. The molecule has 1 aliphatic rings. The van der Waals surface area contributed by atoms with E-state index < -0.39 is 38.4 Å². The third kappa shape index (κ3) is 8.80. The number of hydroxylamine groups is 1. The van der Waals surface area contributed by atoms with Gasteiger partial charge in [0.2, 0.25) is 5.91 Å². The number of halogens is 3. The minimum absolute atomic E-state index is 0.0179. The number of anilines is 2. The van der Waals surface area contributed by atoms with Crippen LogP contribution in [0.25, 0.3) is 0 Å². The molecule has 0 spiro atoms. The number of sulfonamides is 1. The second-order valence-corrected chi connectivity index (χ2v) is 10.7. The van der Waals surface area contributed by atoms with Crippen LogP contribution in [0, 0.1) is 0 Å². The number of carbonyl (C=O) groups excluding carboxylic acids is 2. The Labute approximate surface area is 219 Å². The lowest BCUT2D eigenvalue weighted by molar-refractivity contribution is -0.137. The third-order valence-electron chi connectivity index (χ3n) is 4.53. The van der Waals surface area contributed by atoms with E-state index in [2.05, 4.69) is 15.6 Å². The monoisotopic (exact) mass is 561 g/mol. The molecular formula is C24H30F3N3O7S. The minimum atomic E-state index is -4.68. The van der Waals surface area contributed by atoms with E-state index in [1.54, 1.807) is 27.7 Å². The highest BCUT2D eigenvalue weighted by Crippen LogP contribution is 2.38. The summed E-state index contributed by atoms with van der Waals surface area (Å²) in [5.74, 6) is 0.0541. The molecule has 210 valence electrons. The van der Waals surface area contributed by atoms with Crippen LogP contribution in [0.4, 0.5) is 29.3 Å². The van der Waals surface area contributed by atoms with Gasteiger partial charge in [-0.1, -0.05) is 6.07 Å². The molecule has 0 aromatic heterocycles. The predicted molar refractivity (Wildman–Crippen MR) is 133 cm³/mol. The molecule has 3 rings (SSSR count). The molecule has 0 bridgehead atoms. The Bertz CT molecular complexity index is 1250. The molecule has 0 atom stereocenters. The summed E-state index contributed by atoms with van der Waals surface area (Å²) in [6.07, 6.45) is -5.42. The number of nitrogens with zero attached hydrogens (tertiary/aromatic N) is 1. The van der Waals surface area contributed by atoms with Crippen molar-refractivity contribution in [2.45, 2.75) is 51.3 Å². The average Bonchev–Trinajstić information content (AvgIpc) is 2.81. The van der Waals surface area contributed by atoms with Gasteiger partial charge in [0.25, 0.3) is 10.0 Å². The van der Waals surface area contributed by atoms with Crippen LogP contribution in [0.1, 0.15) is 40.2 Å². The fourth-order valence-corrected chi connectivity index (χ4v) is 4.57. The van der Waals surface area contributed by atoms with Crippen LogP contribution in [0.15, 0.2) is 47.4 Å². The van der Waals surface area contributed by atoms with Gasteiger partial charge in [-0.2, -0.15) is 13.2 Å². The molecule has 0 unspecified atom stereocenters. The summed E-state index contributed by atoms with van der Waals surface area (Å²) >= 11 is 0. The summed E-state index contributed by atoms with van der Waals surface area (Å²) < 4.78 is 77.0. The summed E-state index contributed by atoms with van der Waals surface area (Å²) in [5, 5.41) is 2.50. The Morgan fingerprint density at radius 1 is 1.11 bits per heavy atom. The molecule has 1 heterocycles. The fourth-order valence-electron chi connectivity index (χ4n) is 3.08. The standard InChI is InChI=1S/C20H21F3N2O5S.C4H9NO2/c1-19(2,3)30-18(26)24-14-7-8-17-16(12-14)25(9-10-29-17)31(27,28)15-6-4-5-13(11-15)20(21,22)23;1-3-7-5-4(2)6/h4-8,11-12H,9-10H2,1-3H3,(H,24,26);3H2,1-2H3,(H,5,6). The smallest absolute Gasteiger partial charge is 0.416 e. The maximum Gasteiger partial charge on any atom is 0.416 e. The Morgan fingerprint density at radius 3 is 2.34 bits per heavy atom. The van der Waals surface area contributed by atoms with E-state index in [1.165, 1.54) is 25.1 Å². The lowest BCUT2D eigenvalue weighted by Gasteiger charge is -2.31. The normalized spacial score (nSPS) is 13.3. The molecule has 2 amide bonds. The van der Waals surface area contributed by atoms with Crippen molar-refractivity contribution in [1.29, 1.82) is 0 Å². The number of alkyl halides is 3. The highest BCUT2D eigenvalue weighted by Gasteiger charge is 2.35. The highest BCUT2D eigenvalue weighted by atomic mass is 32.2. The summed E-state index contributed by atoms with van der Waals surface area (Å²) in [4.78, 5) is 26.0. The Balaban J connectivity index is 0.000000638. The van der Waals surface area contributed by atoms with Crippen LogP contribution >= 0.6 is 0 Å². The molecule has 2 N–H and O–H groups in total. The van der Waals surface area contributed by atoms with Crippen molar-refractivity contribution in [3.8, 4) is 5.75 Å². The predicted octanol–water partition coefficient (Wildman–Crippen LogP) is 4.71. The summed E-state index contributed by atoms with van der Waals surface area (Å²) in [6, 6.07) is 7.87. The topological polar surface area (TPSA) is 123 Å². The van der Waals surface area contributed by atoms with Crippen LogP contribution in [0.5, 0.6) is 5.75 Å². The van der Waals surface area contributed by atoms with Gasteiger partial charge in [-0.3, -0.25) is 19.3 Å². The van der Waals surface area contributed by atoms with Crippen molar-refractivity contribution in [2.75, 3.05) is 29.4 Å². The molecule has 38 heavy (non-hydrogen) atoms. The first-order chi connectivity index (χ1) is 17.5. The van der Waals surface area contributed by atoms with Gasteiger partial charge in [-0.25, -0.2) is 18.7 Å². The number of hydrogen-bond acceptors (Lipinski definition) is 7. The zero-order valence-corrected chi connectivity index (χ0v) is 22.3. The molecule has 0 fully saturated rings. The number of ether oxygens (including phenoxy) is 2. The second-order valence-electron chi connectivity index (χ2n) is 8.85. The Hall–Kier alpha value is -3.52. The number of nitrogens with one attached hydrogen (secondary N) is 2. The van der Waals surface area contributed by atoms with Gasteiger partial charge in [0, 0.05) is 12.6 Å². The van der Waals surface area contributed by atoms with Crippen LogP contribution in [-0.4, -0.2) is 45.8 Å². The van der Waals surface area contributed by atoms with Crippen molar-refractivity contribution >= 4 is 33.4 Å². The van der Waals surface area contributed by atoms with E-state index in [-0.39, 0.29) is 36.2 Å². The van der Waals surface area contributed by atoms with Crippen molar-refractivity contribution < 1.29 is 45.5 Å². The first-order valence-electron chi connectivity index (χ1n) is 11.4. The first kappa shape index (κ1) is 30.7. The Morgan fingerprint density at radius 2 is 1.79 bits per heavy atom. The van der Waals surface area contributed by atoms with E-state index in [0.29, 0.717) is 12.7 Å². The van der Waals surface area contributed by atoms with Gasteiger partial charge >= 0.3 is 12.3 Å². The number of hydrogen-bond donors (Lipinski definition) is 2. The molecule has 0 saturated heterocycles. The molecule has 0 aliphatic carbocycles. The van der Waals surface area contributed by atoms with Crippen molar-refractivity contribution in [3.05, 3.63) is 48.0 Å². The van der Waals surface area contributed by atoms with Crippen LogP contribution < -0.4 is 19.8 Å². The highest BCUT2D eigenvalue weighted by molar-refractivity contribution is 7.92. The van der Waals surface area contributed by atoms with Crippen LogP contribution in [-0.2, 0) is 30.6 Å². The van der Waals surface area contributed by atoms with E-state index in [4.69, 9.17) is 9.47 Å². The number of benzene rings is 2. The fraction of sp³-hybridized carbons (Fsp3) is 0.417. The molecular weight excluding hydrogens is 531 g/mol. The number of amides is 2. The molecule has 14 heteroatoms. The Kier molecular flexibility index (Phi) is 9.98. The number of carbonyl (C=O) groups is 2. The van der Waals surface area contributed by atoms with Crippen LogP contribution in [0.2, 0.25) is 0 Å². The van der Waals surface area contributed by atoms with Crippen molar-refractivity contribution in [1.82, 2.24) is 5.48 Å². The van der Waals surface area contributed by atoms with E-state index >= 15 is 0 Å². The van der Waals surface area contributed by atoms with E-state index in [9.17, 15) is 31.2 Å². The molecule has 1 aliphatic heterocycles. The van der Waals surface area contributed by atoms with Gasteiger partial charge < -0.3 is 9.47 Å². The van der Waals surface area contributed by atoms with Gasteiger partial charge in [0.1, 0.15) is 18.0 Å². The first-order valence-corrected chi connectivity index (χ1v) is 12.8. The van der Waals surface area contributed by atoms with Crippen molar-refractivity contribution in [3.63, 3.8) is 0 Å². The molecule has 0 radical (unpaired) electrons. The molecule has 0 saturated carbocycles. The molecule has 10 nitrogen and oxygen atoms in total. The lowest BCUT2D eigenvalue weighted by Crippen LogP contribution is -2.38. The number of fused-ring (bicyclic) bond motifs is 1. The van der Waals surface area contributed by atoms with Gasteiger partial charge in [-0.05, 0) is 64.1 Å². The maximum absolute atomic E-state index is 13.1. The maximum atomic E-state index is 13.1. The number of rotatable bonds is 5. The van der Waals surface area contributed by atoms with Gasteiger partial charge in [0.15, 0.2) is 0 Å². The zero-order valence-electron chi connectivity index (χ0n) is 21.5.